The summed E-state index contributed by atoms with van der Waals surface area (Å²) < 4.78 is 0. The molecule has 0 aromatic heterocycles. The van der Waals surface area contributed by atoms with Crippen LogP contribution in [0.3, 0.4) is 0 Å². The first-order valence-corrected chi connectivity index (χ1v) is 5.86. The number of nitrogens with zero attached hydrogens (tertiary/aromatic N) is 1. The highest BCUT2D eigenvalue weighted by atomic mass is 16.2. The third-order valence-electron chi connectivity index (χ3n) is 3.44. The normalized spacial score (nSPS) is 31.6. The summed E-state index contributed by atoms with van der Waals surface area (Å²) in [5.74, 6) is 0.788. The number of rotatable bonds is 1. The highest BCUT2D eigenvalue weighted by Crippen LogP contribution is 2.18. The molecule has 1 saturated heterocycles. The van der Waals surface area contributed by atoms with Gasteiger partial charge in [0.2, 0.25) is 5.91 Å². The summed E-state index contributed by atoms with van der Waals surface area (Å²) in [6.07, 6.45) is 4.37. The fraction of sp³-hybridized carbons (Fsp3) is 0.750. The molecule has 2 atom stereocenters. The van der Waals surface area contributed by atoms with Crippen LogP contribution >= 0.6 is 0 Å². The van der Waals surface area contributed by atoms with Crippen LogP contribution in [0.25, 0.3) is 0 Å². The molecule has 15 heavy (non-hydrogen) atoms. The first-order chi connectivity index (χ1) is 7.18. The molecule has 2 aliphatic rings. The van der Waals surface area contributed by atoms with Crippen LogP contribution in [0.15, 0.2) is 11.6 Å². The van der Waals surface area contributed by atoms with E-state index in [1.165, 1.54) is 5.57 Å². The van der Waals surface area contributed by atoms with Crippen molar-refractivity contribution in [1.29, 1.82) is 0 Å². The molecule has 2 rings (SSSR count). The third-order valence-corrected chi connectivity index (χ3v) is 3.44. The summed E-state index contributed by atoms with van der Waals surface area (Å²) in [4.78, 5) is 14.2. The maximum Gasteiger partial charge on any atom is 0.240 e. The lowest BCUT2D eigenvalue weighted by molar-refractivity contribution is -0.133. The maximum absolute atomic E-state index is 12.2. The highest BCUT2D eigenvalue weighted by Gasteiger charge is 2.32. The zero-order valence-corrected chi connectivity index (χ0v) is 9.62. The molecule has 0 spiro atoms. The highest BCUT2D eigenvalue weighted by molar-refractivity contribution is 5.83. The molecule has 0 saturated carbocycles. The Morgan fingerprint density at radius 1 is 1.60 bits per heavy atom. The lowest BCUT2D eigenvalue weighted by Gasteiger charge is -2.30. The second-order valence-electron chi connectivity index (χ2n) is 4.80. The summed E-state index contributed by atoms with van der Waals surface area (Å²) in [5, 5.41) is 3.31. The van der Waals surface area contributed by atoms with Gasteiger partial charge in [-0.2, -0.15) is 0 Å². The van der Waals surface area contributed by atoms with Gasteiger partial charge in [0.1, 0.15) is 0 Å². The van der Waals surface area contributed by atoms with E-state index in [1.807, 2.05) is 4.90 Å². The van der Waals surface area contributed by atoms with Crippen molar-refractivity contribution in [3.8, 4) is 0 Å². The molecule has 2 aliphatic heterocycles. The molecule has 3 nitrogen and oxygen atoms in total. The van der Waals surface area contributed by atoms with Crippen molar-refractivity contribution in [3.05, 3.63) is 11.6 Å². The van der Waals surface area contributed by atoms with Gasteiger partial charge >= 0.3 is 0 Å². The monoisotopic (exact) mass is 208 g/mol. The van der Waals surface area contributed by atoms with Crippen LogP contribution in [0.5, 0.6) is 0 Å². The van der Waals surface area contributed by atoms with Crippen molar-refractivity contribution < 1.29 is 4.79 Å². The summed E-state index contributed by atoms with van der Waals surface area (Å²) in [7, 11) is 0. The first-order valence-electron chi connectivity index (χ1n) is 5.86. The molecule has 2 heterocycles. The fourth-order valence-corrected chi connectivity index (χ4v) is 2.46. The van der Waals surface area contributed by atoms with Crippen molar-refractivity contribution in [3.63, 3.8) is 0 Å². The van der Waals surface area contributed by atoms with E-state index in [-0.39, 0.29) is 6.04 Å². The number of hydrogen-bond acceptors (Lipinski definition) is 2. The summed E-state index contributed by atoms with van der Waals surface area (Å²) in [6, 6.07) is 0.0656. The molecule has 0 aromatic rings. The average molecular weight is 208 g/mol. The van der Waals surface area contributed by atoms with Gasteiger partial charge in [-0.3, -0.25) is 4.79 Å². The standard InChI is InChI=1S/C12H20N2O/c1-9-4-3-7-14(8-9)12(15)11-10(2)5-6-13-11/h4,10-11,13H,3,5-8H2,1-2H3. The minimum Gasteiger partial charge on any atom is -0.337 e. The van der Waals surface area contributed by atoms with E-state index in [1.54, 1.807) is 0 Å². The van der Waals surface area contributed by atoms with Crippen LogP contribution in [0.1, 0.15) is 26.7 Å². The van der Waals surface area contributed by atoms with E-state index in [9.17, 15) is 4.79 Å². The topological polar surface area (TPSA) is 32.3 Å². The second-order valence-corrected chi connectivity index (χ2v) is 4.80. The molecular formula is C12H20N2O. The van der Waals surface area contributed by atoms with E-state index in [0.717, 1.165) is 32.5 Å². The first kappa shape index (κ1) is 10.7. The van der Waals surface area contributed by atoms with Gasteiger partial charge in [0, 0.05) is 13.1 Å². The lowest BCUT2D eigenvalue weighted by Crippen LogP contribution is -2.47. The molecule has 1 fully saturated rings. The van der Waals surface area contributed by atoms with Crippen molar-refractivity contribution in [2.45, 2.75) is 32.7 Å². The molecule has 0 radical (unpaired) electrons. The summed E-state index contributed by atoms with van der Waals surface area (Å²) >= 11 is 0. The Labute approximate surface area is 91.5 Å². The number of hydrogen-bond donors (Lipinski definition) is 1. The van der Waals surface area contributed by atoms with Crippen molar-refractivity contribution in [2.24, 2.45) is 5.92 Å². The van der Waals surface area contributed by atoms with Crippen molar-refractivity contribution >= 4 is 5.91 Å². The molecule has 1 N–H and O–H groups in total. The Balaban J connectivity index is 1.98. The van der Waals surface area contributed by atoms with Gasteiger partial charge in [-0.05, 0) is 32.2 Å². The Kier molecular flexibility index (Phi) is 3.10. The molecule has 1 amide bonds. The van der Waals surface area contributed by atoms with Gasteiger partial charge in [-0.15, -0.1) is 0 Å². The predicted molar refractivity (Wildman–Crippen MR) is 60.5 cm³/mol. The quantitative estimate of drug-likeness (QED) is 0.656. The van der Waals surface area contributed by atoms with E-state index >= 15 is 0 Å². The predicted octanol–water partition coefficient (Wildman–Crippen LogP) is 1.16. The van der Waals surface area contributed by atoms with Gasteiger partial charge in [0.15, 0.2) is 0 Å². The number of amides is 1. The SMILES string of the molecule is CC1=CCCN(C(=O)C2NCCC2C)C1. The van der Waals surface area contributed by atoms with Crippen LogP contribution in [0, 0.1) is 5.92 Å². The van der Waals surface area contributed by atoms with Crippen molar-refractivity contribution in [1.82, 2.24) is 10.2 Å². The van der Waals surface area contributed by atoms with Crippen LogP contribution < -0.4 is 5.32 Å². The zero-order valence-electron chi connectivity index (χ0n) is 9.62. The van der Waals surface area contributed by atoms with Crippen LogP contribution in [-0.2, 0) is 4.79 Å². The minimum atomic E-state index is 0.0656. The van der Waals surface area contributed by atoms with E-state index in [2.05, 4.69) is 25.2 Å². The second kappa shape index (κ2) is 4.35. The molecule has 3 heteroatoms. The van der Waals surface area contributed by atoms with Gasteiger partial charge < -0.3 is 10.2 Å². The van der Waals surface area contributed by atoms with Crippen LogP contribution in [0.2, 0.25) is 0 Å². The Morgan fingerprint density at radius 2 is 2.40 bits per heavy atom. The van der Waals surface area contributed by atoms with Gasteiger partial charge in [0.25, 0.3) is 0 Å². The molecule has 0 aliphatic carbocycles. The Bertz CT molecular complexity index is 285. The largest absolute Gasteiger partial charge is 0.337 e. The molecule has 0 aromatic carbocycles. The fourth-order valence-electron chi connectivity index (χ4n) is 2.46. The van der Waals surface area contributed by atoms with Crippen molar-refractivity contribution in [2.75, 3.05) is 19.6 Å². The van der Waals surface area contributed by atoms with Crippen LogP contribution in [0.4, 0.5) is 0 Å². The summed E-state index contributed by atoms with van der Waals surface area (Å²) in [5.41, 5.74) is 1.32. The smallest absolute Gasteiger partial charge is 0.240 e. The van der Waals surface area contributed by atoms with Gasteiger partial charge in [-0.1, -0.05) is 18.6 Å². The lowest BCUT2D eigenvalue weighted by atomic mass is 10.0. The maximum atomic E-state index is 12.2. The zero-order chi connectivity index (χ0) is 10.8. The molecule has 2 unspecified atom stereocenters. The average Bonchev–Trinajstić information content (AvgIpc) is 2.63. The van der Waals surface area contributed by atoms with Gasteiger partial charge in [-0.25, -0.2) is 0 Å². The Morgan fingerprint density at radius 3 is 3.00 bits per heavy atom. The van der Waals surface area contributed by atoms with E-state index < -0.39 is 0 Å². The van der Waals surface area contributed by atoms with E-state index in [4.69, 9.17) is 0 Å². The molecular weight excluding hydrogens is 188 g/mol. The third kappa shape index (κ3) is 2.23. The van der Waals surface area contributed by atoms with E-state index in [0.29, 0.717) is 11.8 Å². The number of carbonyl (C=O) groups is 1. The molecule has 0 bridgehead atoms. The summed E-state index contributed by atoms with van der Waals surface area (Å²) in [6.45, 7) is 6.96. The Hall–Kier alpha value is -0.830. The van der Waals surface area contributed by atoms with Crippen LogP contribution in [-0.4, -0.2) is 36.5 Å². The molecule has 84 valence electrons. The van der Waals surface area contributed by atoms with Gasteiger partial charge in [0.05, 0.1) is 6.04 Å². The minimum absolute atomic E-state index is 0.0656. The number of nitrogens with one attached hydrogen (secondary N) is 1. The number of carbonyl (C=O) groups excluding carboxylic acids is 1.